The van der Waals surface area contributed by atoms with Crippen molar-refractivity contribution in [3.05, 3.63) is 40.1 Å². The van der Waals surface area contributed by atoms with Crippen LogP contribution in [-0.2, 0) is 4.74 Å². The highest BCUT2D eigenvalue weighted by molar-refractivity contribution is 5.54. The van der Waals surface area contributed by atoms with Crippen molar-refractivity contribution in [2.24, 2.45) is 0 Å². The van der Waals surface area contributed by atoms with Crippen LogP contribution in [0.2, 0.25) is 0 Å². The van der Waals surface area contributed by atoms with Gasteiger partial charge in [0.25, 0.3) is 0 Å². The van der Waals surface area contributed by atoms with Crippen LogP contribution in [0.4, 0.5) is 0 Å². The van der Waals surface area contributed by atoms with Gasteiger partial charge in [-0.25, -0.2) is 0 Å². The van der Waals surface area contributed by atoms with Crippen LogP contribution in [0.1, 0.15) is 0 Å². The van der Waals surface area contributed by atoms with Gasteiger partial charge >= 0.3 is 0 Å². The third-order valence-electron chi connectivity index (χ3n) is 1.29. The van der Waals surface area contributed by atoms with Crippen molar-refractivity contribution in [2.45, 2.75) is 0 Å². The number of hydrogen-bond donors (Lipinski definition) is 0. The molecule has 0 fully saturated rings. The molecule has 56 valence electrons. The van der Waals surface area contributed by atoms with E-state index in [1.54, 1.807) is 25.5 Å². The highest BCUT2D eigenvalue weighted by atomic mass is 16.5. The Balaban J connectivity index is 3.21. The molecule has 0 atom stereocenters. The van der Waals surface area contributed by atoms with E-state index < -0.39 is 0 Å². The Kier molecular flexibility index (Phi) is 2.47. The van der Waals surface area contributed by atoms with E-state index >= 15 is 0 Å². The summed E-state index contributed by atoms with van der Waals surface area (Å²) in [5.74, 6) is 2.04. The number of methoxy groups -OCH3 is 1. The minimum atomic E-state index is 0.665. The smallest absolute Gasteiger partial charge is 0.0896 e. The Morgan fingerprint density at radius 3 is 2.45 bits per heavy atom. The van der Waals surface area contributed by atoms with E-state index in [2.05, 4.69) is 0 Å². The van der Waals surface area contributed by atoms with Crippen molar-refractivity contribution < 1.29 is 4.74 Å². The molecule has 0 unspecified atom stereocenters. The van der Waals surface area contributed by atoms with Gasteiger partial charge in [0.15, 0.2) is 0 Å². The molecule has 0 bridgehead atoms. The summed E-state index contributed by atoms with van der Waals surface area (Å²) in [6.07, 6.45) is 1.63. The minimum Gasteiger partial charge on any atom is -0.763 e. The first-order valence-electron chi connectivity index (χ1n) is 3.23. The van der Waals surface area contributed by atoms with Crippen LogP contribution in [-0.4, -0.2) is 13.0 Å². The lowest BCUT2D eigenvalue weighted by Crippen LogP contribution is -2.07. The summed E-state index contributed by atoms with van der Waals surface area (Å²) in [4.78, 5) is 0. The monoisotopic (exact) mass is 146 g/mol. The lowest BCUT2D eigenvalue weighted by atomic mass is 10.3. The van der Waals surface area contributed by atoms with E-state index in [9.17, 15) is 0 Å². The van der Waals surface area contributed by atoms with Gasteiger partial charge in [-0.15, -0.1) is 0 Å². The van der Waals surface area contributed by atoms with Crippen molar-refractivity contribution in [3.63, 3.8) is 0 Å². The first-order valence-corrected chi connectivity index (χ1v) is 3.23. The summed E-state index contributed by atoms with van der Waals surface area (Å²) in [5.41, 5.74) is 0. The molecule has 0 saturated carbocycles. The number of hydrogen-bond acceptors (Lipinski definition) is 1. The molecule has 0 aliphatic carbocycles. The standard InChI is InChI=1S/C9H8NO/c1-11-7-9-4-2-8(6-10)3-5-9/h2-5,7H,1H3/q-1. The highest BCUT2D eigenvalue weighted by Crippen LogP contribution is 1.69. The summed E-state index contributed by atoms with van der Waals surface area (Å²) in [5, 5.41) is 10.1. The molecule has 2 nitrogen and oxygen atoms in total. The molecule has 1 rings (SSSR count). The van der Waals surface area contributed by atoms with Crippen LogP contribution in [0.3, 0.4) is 0 Å². The van der Waals surface area contributed by atoms with Crippen molar-refractivity contribution >= 4 is 12.1 Å². The summed E-state index contributed by atoms with van der Waals surface area (Å²) in [6.45, 7) is 0. The average Bonchev–Trinajstić information content (AvgIpc) is 2.07. The fraction of sp³-hybridized carbons (Fsp3) is 0.111. The minimum absolute atomic E-state index is 0.665. The van der Waals surface area contributed by atoms with Crippen LogP contribution < -0.4 is 10.4 Å². The van der Waals surface area contributed by atoms with Crippen molar-refractivity contribution in [1.82, 2.24) is 0 Å². The Hall–Kier alpha value is -1.53. The van der Waals surface area contributed by atoms with Crippen LogP contribution >= 0.6 is 0 Å². The molecule has 0 radical (unpaired) electrons. The normalized spacial score (nSPS) is 8.45. The summed E-state index contributed by atoms with van der Waals surface area (Å²) >= 11 is 0. The number of benzene rings is 1. The van der Waals surface area contributed by atoms with Gasteiger partial charge in [0, 0.05) is 5.22 Å². The summed E-state index contributed by atoms with van der Waals surface area (Å²) < 4.78 is 4.79. The van der Waals surface area contributed by atoms with E-state index in [0.717, 1.165) is 5.22 Å². The topological polar surface area (TPSA) is 31.5 Å². The third kappa shape index (κ3) is 1.95. The molecule has 0 aliphatic rings. The quantitative estimate of drug-likeness (QED) is 0.512. The molecule has 0 N–H and O–H groups in total. The van der Waals surface area contributed by atoms with Crippen LogP contribution in [0.5, 0.6) is 0 Å². The van der Waals surface area contributed by atoms with E-state index in [1.807, 2.05) is 18.0 Å². The Bertz CT molecular complexity index is 340. The lowest BCUT2D eigenvalue weighted by molar-refractivity contribution is 0.391. The molecule has 1 aromatic rings. The molecular weight excluding hydrogens is 138 g/mol. The van der Waals surface area contributed by atoms with Gasteiger partial charge in [-0.3, -0.25) is 5.87 Å². The maximum absolute atomic E-state index is 8.47. The summed E-state index contributed by atoms with van der Waals surface area (Å²) in [7, 11) is 1.60. The van der Waals surface area contributed by atoms with Crippen molar-refractivity contribution in [1.29, 1.82) is 0 Å². The second-order valence-corrected chi connectivity index (χ2v) is 2.09. The molecular formula is C9H8NO-. The predicted octanol–water partition coefficient (Wildman–Crippen LogP) is -0.0183. The third-order valence-corrected chi connectivity index (χ3v) is 1.29. The van der Waals surface area contributed by atoms with E-state index in [4.69, 9.17) is 10.1 Å². The van der Waals surface area contributed by atoms with Gasteiger partial charge in [0.05, 0.1) is 13.4 Å². The number of nitrogens with zero attached hydrogens (tertiary/aromatic N) is 1. The number of ether oxygens (including phenoxy) is 1. The Labute approximate surface area is 64.9 Å². The zero-order valence-electron chi connectivity index (χ0n) is 6.24. The maximum atomic E-state index is 8.47. The molecule has 0 spiro atoms. The summed E-state index contributed by atoms with van der Waals surface area (Å²) in [6, 6.07) is 7.18. The fourth-order valence-electron chi connectivity index (χ4n) is 0.772. The predicted molar refractivity (Wildman–Crippen MR) is 44.6 cm³/mol. The highest BCUT2D eigenvalue weighted by Gasteiger charge is 1.75. The molecule has 0 saturated heterocycles. The Morgan fingerprint density at radius 1 is 1.36 bits per heavy atom. The fourth-order valence-corrected chi connectivity index (χ4v) is 0.772. The second-order valence-electron chi connectivity index (χ2n) is 2.09. The largest absolute Gasteiger partial charge is 0.763 e. The maximum Gasteiger partial charge on any atom is 0.0896 e. The average molecular weight is 146 g/mol. The van der Waals surface area contributed by atoms with Crippen LogP contribution in [0.15, 0.2) is 24.3 Å². The molecule has 11 heavy (non-hydrogen) atoms. The van der Waals surface area contributed by atoms with Gasteiger partial charge in [-0.1, -0.05) is 12.1 Å². The first-order chi connectivity index (χ1) is 5.36. The Morgan fingerprint density at radius 2 is 2.00 bits per heavy atom. The van der Waals surface area contributed by atoms with E-state index in [0.29, 0.717) is 5.22 Å². The van der Waals surface area contributed by atoms with Crippen LogP contribution in [0.25, 0.3) is 11.7 Å². The van der Waals surface area contributed by atoms with Gasteiger partial charge in [0.2, 0.25) is 0 Å². The second kappa shape index (κ2) is 3.59. The molecule has 0 aliphatic heterocycles. The molecule has 0 amide bonds. The van der Waals surface area contributed by atoms with Gasteiger partial charge < -0.3 is 10.1 Å². The van der Waals surface area contributed by atoms with Gasteiger partial charge in [0.1, 0.15) is 0 Å². The zero-order chi connectivity index (χ0) is 8.10. The first kappa shape index (κ1) is 7.58. The van der Waals surface area contributed by atoms with Crippen LogP contribution in [0, 0.1) is 0 Å². The van der Waals surface area contributed by atoms with Crippen molar-refractivity contribution in [3.8, 4) is 0 Å². The lowest BCUT2D eigenvalue weighted by Gasteiger charge is -1.87. The SMILES string of the molecule is COC=c1ccc(=C=[N-])cc1. The molecule has 0 heterocycles. The number of rotatable bonds is 1. The molecule has 0 aromatic heterocycles. The van der Waals surface area contributed by atoms with Gasteiger partial charge in [-0.05, 0) is 17.4 Å². The van der Waals surface area contributed by atoms with E-state index in [-0.39, 0.29) is 0 Å². The molecule has 1 aromatic carbocycles. The molecule has 2 heteroatoms. The zero-order valence-corrected chi connectivity index (χ0v) is 6.24. The van der Waals surface area contributed by atoms with Gasteiger partial charge in [-0.2, -0.15) is 0 Å². The van der Waals surface area contributed by atoms with Crippen molar-refractivity contribution in [2.75, 3.05) is 7.11 Å². The van der Waals surface area contributed by atoms with E-state index in [1.165, 1.54) is 0 Å².